The highest BCUT2D eigenvalue weighted by molar-refractivity contribution is 7.89. The van der Waals surface area contributed by atoms with Gasteiger partial charge in [-0.3, -0.25) is 0 Å². The molecular weight excluding hydrogens is 300 g/mol. The molecule has 0 amide bonds. The Kier molecular flexibility index (Phi) is 4.52. The molecule has 1 aromatic carbocycles. The lowest BCUT2D eigenvalue weighted by atomic mass is 10.1. The summed E-state index contributed by atoms with van der Waals surface area (Å²) in [5, 5.41) is 1.11. The monoisotopic (exact) mass is 322 g/mol. The van der Waals surface area contributed by atoms with Crippen molar-refractivity contribution in [2.24, 2.45) is 5.92 Å². The normalized spacial score (nSPS) is 19.3. The van der Waals surface area contributed by atoms with Gasteiger partial charge in [0.15, 0.2) is 0 Å². The zero-order valence-corrected chi connectivity index (χ0v) is 13.6. The molecule has 120 valence electrons. The van der Waals surface area contributed by atoms with Crippen LogP contribution in [0.3, 0.4) is 0 Å². The Morgan fingerprint density at radius 2 is 2.23 bits per heavy atom. The molecule has 0 bridgehead atoms. The van der Waals surface area contributed by atoms with E-state index < -0.39 is 10.0 Å². The summed E-state index contributed by atoms with van der Waals surface area (Å²) in [4.78, 5) is 3.15. The van der Waals surface area contributed by atoms with E-state index in [2.05, 4.69) is 4.98 Å². The van der Waals surface area contributed by atoms with E-state index in [0.29, 0.717) is 26.3 Å². The summed E-state index contributed by atoms with van der Waals surface area (Å²) >= 11 is 0. The van der Waals surface area contributed by atoms with Crippen LogP contribution in [0, 0.1) is 5.92 Å². The molecule has 0 radical (unpaired) electrons. The molecule has 1 N–H and O–H groups in total. The van der Waals surface area contributed by atoms with Crippen molar-refractivity contribution < 1.29 is 13.2 Å². The van der Waals surface area contributed by atoms with E-state index in [-0.39, 0.29) is 11.7 Å². The lowest BCUT2D eigenvalue weighted by molar-refractivity contribution is 0.188. The maximum Gasteiger partial charge on any atom is 0.214 e. The van der Waals surface area contributed by atoms with Crippen molar-refractivity contribution in [1.29, 1.82) is 0 Å². The van der Waals surface area contributed by atoms with Crippen LogP contribution in [-0.4, -0.2) is 43.2 Å². The maximum absolute atomic E-state index is 12.6. The van der Waals surface area contributed by atoms with Crippen LogP contribution in [0.1, 0.15) is 18.9 Å². The van der Waals surface area contributed by atoms with Crippen LogP contribution in [0.2, 0.25) is 0 Å². The van der Waals surface area contributed by atoms with Crippen molar-refractivity contribution in [3.63, 3.8) is 0 Å². The molecular formula is C16H22N2O3S. The molecule has 1 saturated heterocycles. The number of fused-ring (bicyclic) bond motifs is 1. The van der Waals surface area contributed by atoms with E-state index in [1.165, 1.54) is 0 Å². The van der Waals surface area contributed by atoms with E-state index in [1.54, 1.807) is 4.31 Å². The molecule has 0 saturated carbocycles. The number of aromatic amines is 1. The second-order valence-electron chi connectivity index (χ2n) is 5.83. The minimum absolute atomic E-state index is 0.131. The van der Waals surface area contributed by atoms with Gasteiger partial charge in [0.05, 0.1) is 12.4 Å². The summed E-state index contributed by atoms with van der Waals surface area (Å²) in [7, 11) is -3.25. The van der Waals surface area contributed by atoms with Gasteiger partial charge in [0.1, 0.15) is 0 Å². The number of sulfonamides is 1. The lowest BCUT2D eigenvalue weighted by Crippen LogP contribution is -2.34. The molecule has 5 nitrogen and oxygen atoms in total. The SMILES string of the molecule is CCN(Cc1ccc2[nH]ccc2c1)S(=O)(=O)CC1CCOC1. The summed E-state index contributed by atoms with van der Waals surface area (Å²) in [6, 6.07) is 8.02. The number of aromatic nitrogens is 1. The van der Waals surface area contributed by atoms with Gasteiger partial charge in [-0.25, -0.2) is 8.42 Å². The third-order valence-corrected chi connectivity index (χ3v) is 6.26. The summed E-state index contributed by atoms with van der Waals surface area (Å²) in [5.74, 6) is 0.318. The molecule has 3 rings (SSSR count). The summed E-state index contributed by atoms with van der Waals surface area (Å²) in [5.41, 5.74) is 2.08. The number of ether oxygens (including phenoxy) is 1. The van der Waals surface area contributed by atoms with Crippen LogP contribution in [0.5, 0.6) is 0 Å². The first-order valence-electron chi connectivity index (χ1n) is 7.70. The van der Waals surface area contributed by atoms with E-state index >= 15 is 0 Å². The second-order valence-corrected chi connectivity index (χ2v) is 7.85. The van der Waals surface area contributed by atoms with Crippen LogP contribution in [-0.2, 0) is 21.3 Å². The van der Waals surface area contributed by atoms with Gasteiger partial charge >= 0.3 is 0 Å². The summed E-state index contributed by atoms with van der Waals surface area (Å²) < 4.78 is 32.1. The van der Waals surface area contributed by atoms with E-state index in [1.807, 2.05) is 37.4 Å². The molecule has 2 heterocycles. The summed E-state index contributed by atoms with van der Waals surface area (Å²) in [6.07, 6.45) is 2.73. The largest absolute Gasteiger partial charge is 0.381 e. The van der Waals surface area contributed by atoms with Crippen LogP contribution in [0.4, 0.5) is 0 Å². The first-order valence-corrected chi connectivity index (χ1v) is 9.31. The van der Waals surface area contributed by atoms with Crippen LogP contribution >= 0.6 is 0 Å². The Morgan fingerprint density at radius 1 is 1.36 bits per heavy atom. The topological polar surface area (TPSA) is 62.4 Å². The number of nitrogens with zero attached hydrogens (tertiary/aromatic N) is 1. The highest BCUT2D eigenvalue weighted by atomic mass is 32.2. The van der Waals surface area contributed by atoms with Gasteiger partial charge in [-0.05, 0) is 41.5 Å². The fourth-order valence-corrected chi connectivity index (χ4v) is 4.74. The van der Waals surface area contributed by atoms with E-state index in [4.69, 9.17) is 4.74 Å². The van der Waals surface area contributed by atoms with Crippen molar-refractivity contribution in [1.82, 2.24) is 9.29 Å². The van der Waals surface area contributed by atoms with Gasteiger partial charge in [0.25, 0.3) is 0 Å². The number of rotatable bonds is 6. The molecule has 1 unspecified atom stereocenters. The Bertz CT molecular complexity index is 733. The molecule has 6 heteroatoms. The Labute approximate surface area is 131 Å². The van der Waals surface area contributed by atoms with Gasteiger partial charge in [0.2, 0.25) is 10.0 Å². The third kappa shape index (κ3) is 3.34. The smallest absolute Gasteiger partial charge is 0.214 e. The van der Waals surface area contributed by atoms with Crippen molar-refractivity contribution in [2.45, 2.75) is 19.9 Å². The number of hydrogen-bond donors (Lipinski definition) is 1. The molecule has 2 aromatic rings. The third-order valence-electron chi connectivity index (χ3n) is 4.19. The van der Waals surface area contributed by atoms with Gasteiger partial charge in [0, 0.05) is 31.4 Å². The molecule has 0 aliphatic carbocycles. The molecule has 1 aromatic heterocycles. The lowest BCUT2D eigenvalue weighted by Gasteiger charge is -2.22. The standard InChI is InChI=1S/C16H22N2O3S/c1-2-18(22(19,20)12-14-6-8-21-11-14)10-13-3-4-16-15(9-13)5-7-17-16/h3-5,7,9,14,17H,2,6,8,10-12H2,1H3. The van der Waals surface area contributed by atoms with E-state index in [0.717, 1.165) is 22.9 Å². The highest BCUT2D eigenvalue weighted by Crippen LogP contribution is 2.20. The number of H-pyrrole nitrogens is 1. The summed E-state index contributed by atoms with van der Waals surface area (Å²) in [6.45, 7) is 4.04. The van der Waals surface area contributed by atoms with E-state index in [9.17, 15) is 8.42 Å². The molecule has 1 aliphatic rings. The molecule has 0 spiro atoms. The number of nitrogens with one attached hydrogen (secondary N) is 1. The zero-order chi connectivity index (χ0) is 15.6. The zero-order valence-electron chi connectivity index (χ0n) is 12.8. The number of benzene rings is 1. The minimum Gasteiger partial charge on any atom is -0.381 e. The average Bonchev–Trinajstić information content (AvgIpc) is 3.14. The second kappa shape index (κ2) is 6.40. The predicted molar refractivity (Wildman–Crippen MR) is 87.1 cm³/mol. The van der Waals surface area contributed by atoms with Crippen LogP contribution in [0.25, 0.3) is 10.9 Å². The van der Waals surface area contributed by atoms with Gasteiger partial charge in [-0.15, -0.1) is 0 Å². The van der Waals surface area contributed by atoms with Crippen molar-refractivity contribution in [2.75, 3.05) is 25.5 Å². The molecule has 22 heavy (non-hydrogen) atoms. The Morgan fingerprint density at radius 3 is 2.95 bits per heavy atom. The first-order chi connectivity index (χ1) is 10.6. The van der Waals surface area contributed by atoms with Crippen molar-refractivity contribution >= 4 is 20.9 Å². The van der Waals surface area contributed by atoms with Crippen molar-refractivity contribution in [3.8, 4) is 0 Å². The Balaban J connectivity index is 1.74. The maximum atomic E-state index is 12.6. The van der Waals surface area contributed by atoms with Crippen LogP contribution < -0.4 is 0 Å². The first kappa shape index (κ1) is 15.5. The average molecular weight is 322 g/mol. The number of hydrogen-bond acceptors (Lipinski definition) is 3. The fraction of sp³-hybridized carbons (Fsp3) is 0.500. The Hall–Kier alpha value is -1.37. The molecule has 1 aliphatic heterocycles. The molecule has 1 atom stereocenters. The molecule has 1 fully saturated rings. The highest BCUT2D eigenvalue weighted by Gasteiger charge is 2.27. The van der Waals surface area contributed by atoms with Gasteiger partial charge < -0.3 is 9.72 Å². The van der Waals surface area contributed by atoms with Gasteiger partial charge in [-0.1, -0.05) is 13.0 Å². The van der Waals surface area contributed by atoms with Crippen molar-refractivity contribution in [3.05, 3.63) is 36.0 Å². The minimum atomic E-state index is -3.25. The quantitative estimate of drug-likeness (QED) is 0.888. The fourth-order valence-electron chi connectivity index (χ4n) is 2.93. The van der Waals surface area contributed by atoms with Gasteiger partial charge in [-0.2, -0.15) is 4.31 Å². The van der Waals surface area contributed by atoms with Crippen LogP contribution in [0.15, 0.2) is 30.5 Å². The predicted octanol–water partition coefficient (Wildman–Crippen LogP) is 2.36.